The van der Waals surface area contributed by atoms with E-state index in [-0.39, 0.29) is 0 Å². The predicted molar refractivity (Wildman–Crippen MR) is 82.3 cm³/mol. The normalized spacial score (nSPS) is 18.5. The molecular formula is C17H28N2. The summed E-state index contributed by atoms with van der Waals surface area (Å²) in [5.41, 5.74) is 1.45. The quantitative estimate of drug-likeness (QED) is 0.770. The van der Waals surface area contributed by atoms with Gasteiger partial charge >= 0.3 is 0 Å². The molecule has 1 aromatic rings. The second-order valence-electron chi connectivity index (χ2n) is 5.78. The van der Waals surface area contributed by atoms with Gasteiger partial charge in [0.25, 0.3) is 0 Å². The van der Waals surface area contributed by atoms with E-state index in [0.717, 1.165) is 25.6 Å². The highest BCUT2D eigenvalue weighted by molar-refractivity contribution is 5.21. The summed E-state index contributed by atoms with van der Waals surface area (Å²) in [6.07, 6.45) is 2.76. The summed E-state index contributed by atoms with van der Waals surface area (Å²) in [5.74, 6) is 0.849. The molecule has 0 heterocycles. The van der Waals surface area contributed by atoms with Crippen molar-refractivity contribution in [2.75, 3.05) is 19.6 Å². The van der Waals surface area contributed by atoms with Crippen LogP contribution in [0, 0.1) is 5.92 Å². The first-order valence-corrected chi connectivity index (χ1v) is 7.78. The van der Waals surface area contributed by atoms with Gasteiger partial charge in [0.2, 0.25) is 0 Å². The second kappa shape index (κ2) is 7.06. The van der Waals surface area contributed by atoms with E-state index in [2.05, 4.69) is 61.3 Å². The van der Waals surface area contributed by atoms with Crippen molar-refractivity contribution < 1.29 is 0 Å². The van der Waals surface area contributed by atoms with Gasteiger partial charge in [0.05, 0.1) is 0 Å². The van der Waals surface area contributed by atoms with Crippen LogP contribution in [0.3, 0.4) is 0 Å². The molecule has 2 atom stereocenters. The van der Waals surface area contributed by atoms with Gasteiger partial charge < -0.3 is 10.2 Å². The van der Waals surface area contributed by atoms with Crippen molar-refractivity contribution in [3.05, 3.63) is 35.9 Å². The van der Waals surface area contributed by atoms with E-state index >= 15 is 0 Å². The molecule has 1 saturated carbocycles. The number of nitrogens with one attached hydrogen (secondary N) is 1. The predicted octanol–water partition coefficient (Wildman–Crippen LogP) is 3.46. The summed E-state index contributed by atoms with van der Waals surface area (Å²) in [7, 11) is 0. The van der Waals surface area contributed by atoms with Crippen LogP contribution in [0.4, 0.5) is 0 Å². The largest absolute Gasteiger partial charge is 0.306 e. The topological polar surface area (TPSA) is 15.3 Å². The highest BCUT2D eigenvalue weighted by Crippen LogP contribution is 2.41. The number of hydrogen-bond donors (Lipinski definition) is 1. The molecule has 1 aromatic carbocycles. The average Bonchev–Trinajstić information content (AvgIpc) is 3.27. The summed E-state index contributed by atoms with van der Waals surface area (Å²) >= 11 is 0. The van der Waals surface area contributed by atoms with Gasteiger partial charge in [0.15, 0.2) is 0 Å². The molecule has 2 nitrogen and oxygen atoms in total. The van der Waals surface area contributed by atoms with Crippen molar-refractivity contribution in [1.29, 1.82) is 0 Å². The molecule has 1 aliphatic carbocycles. The summed E-state index contributed by atoms with van der Waals surface area (Å²) in [5, 5.41) is 3.85. The molecule has 0 spiro atoms. The highest BCUT2D eigenvalue weighted by Gasteiger charge is 2.32. The lowest BCUT2D eigenvalue weighted by molar-refractivity contribution is 0.257. The first kappa shape index (κ1) is 14.5. The molecule has 0 aromatic heterocycles. The Morgan fingerprint density at radius 1 is 1.16 bits per heavy atom. The molecule has 0 bridgehead atoms. The summed E-state index contributed by atoms with van der Waals surface area (Å²) < 4.78 is 0. The molecule has 1 fully saturated rings. The Kier molecular flexibility index (Phi) is 5.41. The number of likely N-dealkylation sites (N-methyl/N-ethyl adjacent to an activating group) is 1. The van der Waals surface area contributed by atoms with Gasteiger partial charge in [-0.25, -0.2) is 0 Å². The Morgan fingerprint density at radius 3 is 2.32 bits per heavy atom. The first-order valence-electron chi connectivity index (χ1n) is 7.78. The van der Waals surface area contributed by atoms with Crippen LogP contribution in [0.2, 0.25) is 0 Å². The lowest BCUT2D eigenvalue weighted by Gasteiger charge is -2.28. The second-order valence-corrected chi connectivity index (χ2v) is 5.78. The van der Waals surface area contributed by atoms with E-state index in [0.29, 0.717) is 12.1 Å². The van der Waals surface area contributed by atoms with E-state index in [9.17, 15) is 0 Å². The van der Waals surface area contributed by atoms with E-state index in [1.54, 1.807) is 0 Å². The average molecular weight is 260 g/mol. The zero-order valence-electron chi connectivity index (χ0n) is 12.6. The van der Waals surface area contributed by atoms with Crippen LogP contribution < -0.4 is 5.32 Å². The molecule has 0 amide bonds. The van der Waals surface area contributed by atoms with Crippen LogP contribution in [-0.4, -0.2) is 30.6 Å². The molecule has 1 aliphatic rings. The van der Waals surface area contributed by atoms with Crippen LogP contribution in [0.15, 0.2) is 30.3 Å². The Balaban J connectivity index is 1.94. The minimum Gasteiger partial charge on any atom is -0.306 e. The van der Waals surface area contributed by atoms with Crippen LogP contribution in [-0.2, 0) is 0 Å². The minimum absolute atomic E-state index is 0.547. The third-order valence-corrected chi connectivity index (χ3v) is 4.14. The molecule has 2 heteroatoms. The summed E-state index contributed by atoms with van der Waals surface area (Å²) in [4.78, 5) is 2.49. The van der Waals surface area contributed by atoms with Gasteiger partial charge in [-0.05, 0) is 44.3 Å². The fourth-order valence-electron chi connectivity index (χ4n) is 2.82. The summed E-state index contributed by atoms with van der Waals surface area (Å²) in [6.45, 7) is 10.2. The standard InChI is InChI=1S/C17H28N2/c1-4-19(5-2)13-14(3)18-17(16-11-12-16)15-9-7-6-8-10-15/h6-10,14,16-18H,4-5,11-13H2,1-3H3. The third kappa shape index (κ3) is 4.32. The van der Waals surface area contributed by atoms with Crippen LogP contribution >= 0.6 is 0 Å². The Hall–Kier alpha value is -0.860. The van der Waals surface area contributed by atoms with Crippen LogP contribution in [0.1, 0.15) is 45.2 Å². The molecule has 106 valence electrons. The number of benzene rings is 1. The van der Waals surface area contributed by atoms with Crippen molar-refractivity contribution in [3.8, 4) is 0 Å². The fourth-order valence-corrected chi connectivity index (χ4v) is 2.82. The zero-order chi connectivity index (χ0) is 13.7. The minimum atomic E-state index is 0.547. The molecule has 0 saturated heterocycles. The molecule has 2 rings (SSSR count). The van der Waals surface area contributed by atoms with E-state index in [1.165, 1.54) is 18.4 Å². The van der Waals surface area contributed by atoms with Crippen molar-refractivity contribution in [3.63, 3.8) is 0 Å². The van der Waals surface area contributed by atoms with Crippen molar-refractivity contribution >= 4 is 0 Å². The highest BCUT2D eigenvalue weighted by atomic mass is 15.1. The Morgan fingerprint density at radius 2 is 1.79 bits per heavy atom. The molecule has 0 aliphatic heterocycles. The third-order valence-electron chi connectivity index (χ3n) is 4.14. The SMILES string of the molecule is CCN(CC)CC(C)NC(c1ccccc1)C1CC1. The van der Waals surface area contributed by atoms with Gasteiger partial charge in [-0.15, -0.1) is 0 Å². The molecule has 0 radical (unpaired) electrons. The lowest BCUT2D eigenvalue weighted by atomic mass is 10.0. The molecular weight excluding hydrogens is 232 g/mol. The van der Waals surface area contributed by atoms with Gasteiger partial charge in [0.1, 0.15) is 0 Å². The van der Waals surface area contributed by atoms with Crippen LogP contribution in [0.5, 0.6) is 0 Å². The van der Waals surface area contributed by atoms with Crippen LogP contribution in [0.25, 0.3) is 0 Å². The smallest absolute Gasteiger partial charge is 0.0351 e. The molecule has 2 unspecified atom stereocenters. The van der Waals surface area contributed by atoms with E-state index < -0.39 is 0 Å². The van der Waals surface area contributed by atoms with Gasteiger partial charge in [-0.2, -0.15) is 0 Å². The maximum absolute atomic E-state index is 3.85. The Bertz CT molecular complexity index is 355. The Labute approximate surface area is 118 Å². The number of hydrogen-bond acceptors (Lipinski definition) is 2. The first-order chi connectivity index (χ1) is 9.24. The summed E-state index contributed by atoms with van der Waals surface area (Å²) in [6, 6.07) is 12.0. The number of rotatable bonds is 8. The van der Waals surface area contributed by atoms with Crippen molar-refractivity contribution in [2.45, 2.75) is 45.7 Å². The zero-order valence-corrected chi connectivity index (χ0v) is 12.6. The van der Waals surface area contributed by atoms with E-state index in [1.807, 2.05) is 0 Å². The monoisotopic (exact) mass is 260 g/mol. The number of nitrogens with zero attached hydrogens (tertiary/aromatic N) is 1. The van der Waals surface area contributed by atoms with Gasteiger partial charge in [-0.3, -0.25) is 0 Å². The van der Waals surface area contributed by atoms with Crippen molar-refractivity contribution in [2.24, 2.45) is 5.92 Å². The van der Waals surface area contributed by atoms with E-state index in [4.69, 9.17) is 0 Å². The van der Waals surface area contributed by atoms with Crippen molar-refractivity contribution in [1.82, 2.24) is 10.2 Å². The fraction of sp³-hybridized carbons (Fsp3) is 0.647. The van der Waals surface area contributed by atoms with Gasteiger partial charge in [0, 0.05) is 18.6 Å². The molecule has 1 N–H and O–H groups in total. The van der Waals surface area contributed by atoms with Gasteiger partial charge in [-0.1, -0.05) is 44.2 Å². The lowest BCUT2D eigenvalue weighted by Crippen LogP contribution is -2.41. The maximum atomic E-state index is 3.85. The maximum Gasteiger partial charge on any atom is 0.0351 e. The molecule has 19 heavy (non-hydrogen) atoms.